The topological polar surface area (TPSA) is 102 Å². The number of hydrogen-bond acceptors (Lipinski definition) is 8. The Morgan fingerprint density at radius 1 is 0.879 bits per heavy atom. The largest absolute Gasteiger partial charge is 0.453 e. The lowest BCUT2D eigenvalue weighted by Crippen LogP contribution is -2.43. The van der Waals surface area contributed by atoms with Crippen LogP contribution in [0.3, 0.4) is 0 Å². The second kappa shape index (κ2) is 8.38. The molecule has 0 aliphatic carbocycles. The highest BCUT2D eigenvalue weighted by Gasteiger charge is 2.21. The Labute approximate surface area is 190 Å². The summed E-state index contributed by atoms with van der Waals surface area (Å²) in [5, 5.41) is 4.33. The van der Waals surface area contributed by atoms with Crippen molar-refractivity contribution in [3.05, 3.63) is 62.8 Å². The first-order valence-corrected chi connectivity index (χ1v) is 10.8. The monoisotopic (exact) mass is 447 g/mol. The Bertz CT molecular complexity index is 1380. The van der Waals surface area contributed by atoms with Crippen molar-refractivity contribution < 1.29 is 4.42 Å². The zero-order valence-corrected chi connectivity index (χ0v) is 18.9. The molecule has 10 heteroatoms. The minimum Gasteiger partial charge on any atom is -0.453 e. The van der Waals surface area contributed by atoms with Crippen LogP contribution in [0.4, 0.5) is 0 Å². The van der Waals surface area contributed by atoms with Gasteiger partial charge in [-0.15, -0.1) is 5.10 Å². The average Bonchev–Trinajstić information content (AvgIpc) is 3.31. The zero-order chi connectivity index (χ0) is 23.1. The van der Waals surface area contributed by atoms with Crippen LogP contribution in [0.1, 0.15) is 5.56 Å². The van der Waals surface area contributed by atoms with Crippen LogP contribution in [-0.4, -0.2) is 67.3 Å². The fourth-order valence-electron chi connectivity index (χ4n) is 3.96. The minimum atomic E-state index is -0.643. The molecule has 1 saturated heterocycles. The highest BCUT2D eigenvalue weighted by molar-refractivity contribution is 5.63. The van der Waals surface area contributed by atoms with Crippen LogP contribution >= 0.6 is 0 Å². The molecule has 0 radical (unpaired) electrons. The van der Waals surface area contributed by atoms with Crippen LogP contribution in [0, 0.1) is 0 Å². The SMILES string of the molecule is CN1CCN(Cc2ccc(-c3ccc(-c4nc5c(=O)n(C)c(=O)nc-5n(C)n4)o3)cc2)CC1. The van der Waals surface area contributed by atoms with Gasteiger partial charge in [-0.2, -0.15) is 4.98 Å². The molecule has 33 heavy (non-hydrogen) atoms. The van der Waals surface area contributed by atoms with Crippen LogP contribution in [0.2, 0.25) is 0 Å². The lowest BCUT2D eigenvalue weighted by molar-refractivity contribution is 0.148. The maximum absolute atomic E-state index is 12.5. The van der Waals surface area contributed by atoms with E-state index in [1.165, 1.54) is 17.3 Å². The number of aromatic nitrogens is 5. The standard InChI is InChI=1S/C23H25N7O3/c1-27-10-12-30(13-11-27)14-15-4-6-16(7-5-15)17-8-9-18(33-17)20-24-19-21(29(3)26-20)25-23(32)28(2)22(19)31/h4-9H,10-14H2,1-3H3. The van der Waals surface area contributed by atoms with Crippen LogP contribution in [0.25, 0.3) is 34.4 Å². The first kappa shape index (κ1) is 21.2. The van der Waals surface area contributed by atoms with Gasteiger partial charge < -0.3 is 9.32 Å². The molecule has 170 valence electrons. The van der Waals surface area contributed by atoms with Crippen molar-refractivity contribution in [1.29, 1.82) is 0 Å². The van der Waals surface area contributed by atoms with Gasteiger partial charge in [-0.3, -0.25) is 14.3 Å². The summed E-state index contributed by atoms with van der Waals surface area (Å²) in [6.07, 6.45) is 0. The minimum absolute atomic E-state index is 0.0656. The Morgan fingerprint density at radius 2 is 1.58 bits per heavy atom. The summed E-state index contributed by atoms with van der Waals surface area (Å²) in [4.78, 5) is 37.3. The van der Waals surface area contributed by atoms with Gasteiger partial charge in [0.15, 0.2) is 17.3 Å². The molecular formula is C23H25N7O3. The van der Waals surface area contributed by atoms with Gasteiger partial charge >= 0.3 is 5.69 Å². The third-order valence-corrected chi connectivity index (χ3v) is 6.04. The summed E-state index contributed by atoms with van der Waals surface area (Å²) >= 11 is 0. The van der Waals surface area contributed by atoms with Crippen molar-refractivity contribution >= 4 is 0 Å². The molecule has 5 rings (SSSR count). The fourth-order valence-corrected chi connectivity index (χ4v) is 3.96. The summed E-state index contributed by atoms with van der Waals surface area (Å²) in [7, 11) is 5.14. The molecular weight excluding hydrogens is 422 g/mol. The van der Waals surface area contributed by atoms with Crippen LogP contribution in [-0.2, 0) is 20.6 Å². The van der Waals surface area contributed by atoms with E-state index in [-0.39, 0.29) is 17.3 Å². The molecule has 3 aliphatic heterocycles. The highest BCUT2D eigenvalue weighted by atomic mass is 16.3. The maximum Gasteiger partial charge on any atom is 0.352 e. The Hall–Kier alpha value is -3.63. The number of fused-ring (bicyclic) bond motifs is 1. The average molecular weight is 447 g/mol. The number of nitrogens with zero attached hydrogens (tertiary/aromatic N) is 7. The molecule has 0 spiro atoms. The van der Waals surface area contributed by atoms with Crippen LogP contribution in [0.15, 0.2) is 50.4 Å². The molecule has 0 saturated carbocycles. The second-order valence-electron chi connectivity index (χ2n) is 8.43. The third kappa shape index (κ3) is 4.10. The van der Waals surface area contributed by atoms with E-state index in [0.29, 0.717) is 11.5 Å². The van der Waals surface area contributed by atoms with Gasteiger partial charge in [-0.05, 0) is 24.7 Å². The van der Waals surface area contributed by atoms with Gasteiger partial charge in [0.2, 0.25) is 5.82 Å². The van der Waals surface area contributed by atoms with Gasteiger partial charge in [0.05, 0.1) is 0 Å². The van der Waals surface area contributed by atoms with E-state index in [9.17, 15) is 9.59 Å². The predicted molar refractivity (Wildman–Crippen MR) is 123 cm³/mol. The molecule has 3 aliphatic rings. The first-order valence-electron chi connectivity index (χ1n) is 10.8. The summed E-state index contributed by atoms with van der Waals surface area (Å²) in [6.45, 7) is 5.30. The molecule has 2 aromatic rings. The number of benzene rings is 1. The maximum atomic E-state index is 12.5. The van der Waals surface area contributed by atoms with E-state index in [2.05, 4.69) is 44.0 Å². The number of piperazine rings is 1. The van der Waals surface area contributed by atoms with Gasteiger partial charge in [-0.25, -0.2) is 14.5 Å². The van der Waals surface area contributed by atoms with E-state index in [0.717, 1.165) is 42.9 Å². The fraction of sp³-hybridized carbons (Fsp3) is 0.348. The quantitative estimate of drug-likeness (QED) is 0.457. The van der Waals surface area contributed by atoms with E-state index in [1.54, 1.807) is 13.1 Å². The molecule has 0 amide bonds. The smallest absolute Gasteiger partial charge is 0.352 e. The summed E-state index contributed by atoms with van der Waals surface area (Å²) in [5.74, 6) is 1.50. The molecule has 1 aromatic heterocycles. The van der Waals surface area contributed by atoms with E-state index >= 15 is 0 Å². The number of rotatable bonds is 4. The van der Waals surface area contributed by atoms with Crippen molar-refractivity contribution in [3.63, 3.8) is 0 Å². The molecule has 0 unspecified atom stereocenters. The predicted octanol–water partition coefficient (Wildman–Crippen LogP) is 1.05. The van der Waals surface area contributed by atoms with Crippen molar-refractivity contribution in [1.82, 2.24) is 34.1 Å². The van der Waals surface area contributed by atoms with Crippen LogP contribution < -0.4 is 11.2 Å². The van der Waals surface area contributed by atoms with Gasteiger partial charge in [0.25, 0.3) is 5.56 Å². The molecule has 4 heterocycles. The molecule has 0 N–H and O–H groups in total. The van der Waals surface area contributed by atoms with Gasteiger partial charge in [0, 0.05) is 52.4 Å². The molecule has 0 bridgehead atoms. The number of furan rings is 1. The zero-order valence-electron chi connectivity index (χ0n) is 18.9. The number of hydrogen-bond donors (Lipinski definition) is 0. The lowest BCUT2D eigenvalue weighted by Gasteiger charge is -2.32. The normalized spacial score (nSPS) is 15.4. The van der Waals surface area contributed by atoms with Crippen molar-refractivity contribution in [2.24, 2.45) is 14.1 Å². The Morgan fingerprint density at radius 3 is 2.30 bits per heavy atom. The van der Waals surface area contributed by atoms with Crippen LogP contribution in [0.5, 0.6) is 0 Å². The summed E-state index contributed by atoms with van der Waals surface area (Å²) in [6, 6.07) is 12.0. The first-order chi connectivity index (χ1) is 15.9. The van der Waals surface area contributed by atoms with Crippen molar-refractivity contribution in [2.45, 2.75) is 6.54 Å². The van der Waals surface area contributed by atoms with E-state index in [1.807, 2.05) is 18.2 Å². The number of aryl methyl sites for hydroxylation is 1. The third-order valence-electron chi connectivity index (χ3n) is 6.04. The van der Waals surface area contributed by atoms with Gasteiger partial charge in [-0.1, -0.05) is 24.3 Å². The molecule has 1 fully saturated rings. The Balaban J connectivity index is 1.39. The van der Waals surface area contributed by atoms with Gasteiger partial charge in [0.1, 0.15) is 5.76 Å². The molecule has 10 nitrogen and oxygen atoms in total. The summed E-state index contributed by atoms with van der Waals surface area (Å²) < 4.78 is 8.31. The number of likely N-dealkylation sites (N-methyl/N-ethyl adjacent to an activating group) is 1. The van der Waals surface area contributed by atoms with Crippen molar-refractivity contribution in [2.75, 3.05) is 33.2 Å². The molecule has 0 atom stereocenters. The van der Waals surface area contributed by atoms with E-state index in [4.69, 9.17) is 4.42 Å². The second-order valence-corrected chi connectivity index (χ2v) is 8.43. The molecule has 1 aromatic carbocycles. The summed E-state index contributed by atoms with van der Waals surface area (Å²) in [5.41, 5.74) is 1.11. The lowest BCUT2D eigenvalue weighted by atomic mass is 10.1. The van der Waals surface area contributed by atoms with Crippen molar-refractivity contribution in [3.8, 4) is 34.4 Å². The Kier molecular flexibility index (Phi) is 5.39. The highest BCUT2D eigenvalue weighted by Crippen LogP contribution is 2.28. The van der Waals surface area contributed by atoms with E-state index < -0.39 is 11.2 Å².